The van der Waals surface area contributed by atoms with E-state index in [1.165, 1.54) is 6.20 Å². The number of halogens is 2. The maximum atomic E-state index is 13.4. The van der Waals surface area contributed by atoms with Crippen LogP contribution in [0, 0.1) is 0 Å². The van der Waals surface area contributed by atoms with Gasteiger partial charge in [-0.05, 0) is 22.9 Å². The zero-order chi connectivity index (χ0) is 13.2. The van der Waals surface area contributed by atoms with E-state index in [2.05, 4.69) is 20.3 Å². The standard InChI is InChI=1S/C11H7ClFN5O/c12-11-14-5-4-9(15-11)19-6-7-2-1-3-8-10(7)18(13)17-16-8/h1-5H,6H2. The molecule has 0 N–H and O–H groups in total. The first-order valence-corrected chi connectivity index (χ1v) is 5.72. The summed E-state index contributed by atoms with van der Waals surface area (Å²) in [5.74, 6) is 0.315. The van der Waals surface area contributed by atoms with Gasteiger partial charge < -0.3 is 4.74 Å². The van der Waals surface area contributed by atoms with E-state index >= 15 is 0 Å². The van der Waals surface area contributed by atoms with Gasteiger partial charge in [-0.2, -0.15) is 4.98 Å². The average molecular weight is 280 g/mol. The number of rotatable bonds is 3. The Kier molecular flexibility index (Phi) is 2.96. The van der Waals surface area contributed by atoms with Gasteiger partial charge in [0, 0.05) is 17.8 Å². The van der Waals surface area contributed by atoms with Crippen LogP contribution in [0.25, 0.3) is 11.0 Å². The second-order valence-electron chi connectivity index (χ2n) is 3.69. The van der Waals surface area contributed by atoms with Gasteiger partial charge >= 0.3 is 0 Å². The third-order valence-corrected chi connectivity index (χ3v) is 2.67. The molecule has 0 amide bonds. The van der Waals surface area contributed by atoms with Gasteiger partial charge in [-0.15, -0.1) is 5.10 Å². The van der Waals surface area contributed by atoms with Crippen LogP contribution in [0.2, 0.25) is 5.28 Å². The second-order valence-corrected chi connectivity index (χ2v) is 4.03. The molecule has 0 unspecified atom stereocenters. The van der Waals surface area contributed by atoms with Crippen molar-refractivity contribution in [3.63, 3.8) is 0 Å². The molecule has 0 atom stereocenters. The predicted molar refractivity (Wildman–Crippen MR) is 65.4 cm³/mol. The van der Waals surface area contributed by atoms with Crippen molar-refractivity contribution in [1.82, 2.24) is 25.2 Å². The minimum atomic E-state index is 0.0907. The summed E-state index contributed by atoms with van der Waals surface area (Å²) in [4.78, 5) is 7.84. The van der Waals surface area contributed by atoms with Crippen LogP contribution in [0.4, 0.5) is 4.48 Å². The van der Waals surface area contributed by atoms with E-state index in [1.54, 1.807) is 24.3 Å². The van der Waals surface area contributed by atoms with Crippen LogP contribution in [-0.2, 0) is 6.61 Å². The lowest BCUT2D eigenvalue weighted by molar-refractivity contribution is 0.288. The van der Waals surface area contributed by atoms with Gasteiger partial charge in [0.2, 0.25) is 11.2 Å². The Bertz CT molecular complexity index is 732. The Morgan fingerprint density at radius 1 is 1.32 bits per heavy atom. The van der Waals surface area contributed by atoms with Gasteiger partial charge in [0.05, 0.1) is 0 Å². The highest BCUT2D eigenvalue weighted by Crippen LogP contribution is 2.18. The third kappa shape index (κ3) is 2.32. The van der Waals surface area contributed by atoms with Crippen molar-refractivity contribution in [2.24, 2.45) is 0 Å². The van der Waals surface area contributed by atoms with Crippen LogP contribution >= 0.6 is 11.6 Å². The number of benzene rings is 1. The van der Waals surface area contributed by atoms with E-state index < -0.39 is 0 Å². The maximum Gasteiger partial charge on any atom is 0.225 e. The number of hydrogen-bond donors (Lipinski definition) is 0. The quantitative estimate of drug-likeness (QED) is 0.688. The summed E-state index contributed by atoms with van der Waals surface area (Å²) >= 11 is 5.64. The average Bonchev–Trinajstić information content (AvgIpc) is 2.79. The van der Waals surface area contributed by atoms with Gasteiger partial charge in [-0.3, -0.25) is 0 Å². The molecule has 96 valence electrons. The Hall–Kier alpha value is -2.28. The molecule has 2 heterocycles. The van der Waals surface area contributed by atoms with Crippen LogP contribution in [0.5, 0.6) is 5.88 Å². The molecule has 0 spiro atoms. The van der Waals surface area contributed by atoms with Crippen molar-refractivity contribution in [3.05, 3.63) is 41.3 Å². The number of aromatic nitrogens is 5. The number of hydrogen-bond acceptors (Lipinski definition) is 5. The highest BCUT2D eigenvalue weighted by molar-refractivity contribution is 6.28. The molecule has 3 rings (SSSR count). The highest BCUT2D eigenvalue weighted by atomic mass is 35.5. The number of para-hydroxylation sites is 1. The van der Waals surface area contributed by atoms with Crippen molar-refractivity contribution >= 4 is 22.6 Å². The fourth-order valence-corrected chi connectivity index (χ4v) is 1.81. The van der Waals surface area contributed by atoms with Gasteiger partial charge in [-0.1, -0.05) is 21.5 Å². The first-order chi connectivity index (χ1) is 9.24. The molecule has 2 aromatic heterocycles. The van der Waals surface area contributed by atoms with E-state index in [0.29, 0.717) is 17.0 Å². The number of fused-ring (bicyclic) bond motifs is 1. The summed E-state index contributed by atoms with van der Waals surface area (Å²) in [6.45, 7) is 0.127. The van der Waals surface area contributed by atoms with E-state index in [4.69, 9.17) is 16.3 Å². The van der Waals surface area contributed by atoms with Crippen molar-refractivity contribution in [1.29, 1.82) is 0 Å². The molecule has 0 bridgehead atoms. The van der Waals surface area contributed by atoms with E-state index in [9.17, 15) is 4.48 Å². The molecule has 0 aliphatic rings. The van der Waals surface area contributed by atoms with Gasteiger partial charge in [0.25, 0.3) is 0 Å². The van der Waals surface area contributed by atoms with Crippen molar-refractivity contribution in [3.8, 4) is 5.88 Å². The Labute approximate surface area is 111 Å². The molecule has 1 aromatic carbocycles. The summed E-state index contributed by atoms with van der Waals surface area (Å²) in [6.07, 6.45) is 1.48. The third-order valence-electron chi connectivity index (χ3n) is 2.49. The summed E-state index contributed by atoms with van der Waals surface area (Å²) in [5.41, 5.74) is 1.35. The molecular weight excluding hydrogens is 273 g/mol. The van der Waals surface area contributed by atoms with E-state index in [0.717, 1.165) is 0 Å². The molecule has 19 heavy (non-hydrogen) atoms. The van der Waals surface area contributed by atoms with Gasteiger partial charge in [0.1, 0.15) is 17.6 Å². The molecule has 0 aliphatic heterocycles. The lowest BCUT2D eigenvalue weighted by Crippen LogP contribution is -2.00. The second kappa shape index (κ2) is 4.77. The molecular formula is C11H7ClFN5O. The summed E-state index contributed by atoms with van der Waals surface area (Å²) in [6, 6.07) is 6.72. The molecule has 0 radical (unpaired) electrons. The Morgan fingerprint density at radius 2 is 2.21 bits per heavy atom. The fourth-order valence-electron chi connectivity index (χ4n) is 1.67. The summed E-state index contributed by atoms with van der Waals surface area (Å²) < 4.78 is 18.9. The first-order valence-electron chi connectivity index (χ1n) is 5.35. The number of ether oxygens (including phenoxy) is 1. The molecule has 0 aliphatic carbocycles. The van der Waals surface area contributed by atoms with Gasteiger partial charge in [0.15, 0.2) is 0 Å². The maximum absolute atomic E-state index is 13.4. The number of nitrogens with zero attached hydrogens (tertiary/aromatic N) is 5. The lowest BCUT2D eigenvalue weighted by Gasteiger charge is -2.05. The minimum absolute atomic E-state index is 0.0907. The van der Waals surface area contributed by atoms with Crippen molar-refractivity contribution in [2.75, 3.05) is 0 Å². The predicted octanol–water partition coefficient (Wildman–Crippen LogP) is 2.19. The smallest absolute Gasteiger partial charge is 0.225 e. The molecule has 0 saturated carbocycles. The summed E-state index contributed by atoms with van der Waals surface area (Å²) in [5, 5.41) is 7.10. The van der Waals surface area contributed by atoms with Crippen molar-refractivity contribution < 1.29 is 9.22 Å². The van der Waals surface area contributed by atoms with E-state index in [1.807, 2.05) is 0 Å². The van der Waals surface area contributed by atoms with Crippen LogP contribution in [0.1, 0.15) is 5.56 Å². The highest BCUT2D eigenvalue weighted by Gasteiger charge is 2.10. The Balaban J connectivity index is 1.88. The Morgan fingerprint density at radius 3 is 3.05 bits per heavy atom. The van der Waals surface area contributed by atoms with Crippen LogP contribution in [0.15, 0.2) is 30.5 Å². The molecule has 3 aromatic rings. The minimum Gasteiger partial charge on any atom is -0.473 e. The van der Waals surface area contributed by atoms with Crippen LogP contribution < -0.4 is 4.74 Å². The molecule has 6 nitrogen and oxygen atoms in total. The van der Waals surface area contributed by atoms with Crippen LogP contribution in [-0.4, -0.2) is 25.2 Å². The van der Waals surface area contributed by atoms with Crippen LogP contribution in [0.3, 0.4) is 0 Å². The molecule has 8 heteroatoms. The summed E-state index contributed by atoms with van der Waals surface area (Å²) in [7, 11) is 0. The normalized spacial score (nSPS) is 10.8. The zero-order valence-corrected chi connectivity index (χ0v) is 10.3. The van der Waals surface area contributed by atoms with Crippen molar-refractivity contribution in [2.45, 2.75) is 6.61 Å². The van der Waals surface area contributed by atoms with E-state index in [-0.39, 0.29) is 22.3 Å². The first kappa shape index (κ1) is 11.8. The monoisotopic (exact) mass is 279 g/mol. The molecule has 0 saturated heterocycles. The topological polar surface area (TPSA) is 65.7 Å². The van der Waals surface area contributed by atoms with Gasteiger partial charge in [-0.25, -0.2) is 4.98 Å². The lowest BCUT2D eigenvalue weighted by atomic mass is 10.2. The fraction of sp³-hybridized carbons (Fsp3) is 0.0909. The largest absolute Gasteiger partial charge is 0.473 e. The molecule has 0 fully saturated rings. The zero-order valence-electron chi connectivity index (χ0n) is 9.49. The SMILES string of the molecule is Fn1nnc2cccc(COc3ccnc(Cl)n3)c21.